The van der Waals surface area contributed by atoms with Crippen LogP contribution in [0.15, 0.2) is 18.5 Å². The molecule has 4 nitrogen and oxygen atoms in total. The SMILES string of the molecule is CCC1CN(c2cnccc2CNC)CCN1C. The molecular weight excluding hydrogens is 224 g/mol. The Morgan fingerprint density at radius 1 is 1.44 bits per heavy atom. The predicted octanol–water partition coefficient (Wildman–Crippen LogP) is 1.33. The molecule has 1 aromatic heterocycles. The van der Waals surface area contributed by atoms with Crippen molar-refractivity contribution < 1.29 is 0 Å². The highest BCUT2D eigenvalue weighted by Gasteiger charge is 2.24. The standard InChI is InChI=1S/C14H24N4/c1-4-13-11-18(8-7-17(13)3)14-10-16-6-5-12(14)9-15-2/h5-6,10,13,15H,4,7-9,11H2,1-3H3. The van der Waals surface area contributed by atoms with Crippen LogP contribution in [0.25, 0.3) is 0 Å². The Hall–Kier alpha value is -1.13. The van der Waals surface area contributed by atoms with Crippen LogP contribution in [0, 0.1) is 0 Å². The minimum atomic E-state index is 0.654. The van der Waals surface area contributed by atoms with Crippen LogP contribution < -0.4 is 10.2 Å². The minimum absolute atomic E-state index is 0.654. The van der Waals surface area contributed by atoms with E-state index in [9.17, 15) is 0 Å². The molecule has 0 aromatic carbocycles. The van der Waals surface area contributed by atoms with Crippen molar-refractivity contribution in [1.82, 2.24) is 15.2 Å². The van der Waals surface area contributed by atoms with E-state index in [1.807, 2.05) is 19.4 Å². The Labute approximate surface area is 110 Å². The van der Waals surface area contributed by atoms with Crippen molar-refractivity contribution in [1.29, 1.82) is 0 Å². The van der Waals surface area contributed by atoms with Gasteiger partial charge in [-0.05, 0) is 32.1 Å². The fourth-order valence-corrected chi connectivity index (χ4v) is 2.65. The number of piperazine rings is 1. The van der Waals surface area contributed by atoms with Gasteiger partial charge in [0, 0.05) is 38.4 Å². The first-order valence-electron chi connectivity index (χ1n) is 6.79. The summed E-state index contributed by atoms with van der Waals surface area (Å²) in [6, 6.07) is 2.77. The molecule has 0 spiro atoms. The zero-order valence-electron chi connectivity index (χ0n) is 11.7. The van der Waals surface area contributed by atoms with E-state index in [0.717, 1.165) is 26.2 Å². The van der Waals surface area contributed by atoms with Crippen LogP contribution in [0.1, 0.15) is 18.9 Å². The van der Waals surface area contributed by atoms with Gasteiger partial charge < -0.3 is 10.2 Å². The van der Waals surface area contributed by atoms with Gasteiger partial charge in [0.25, 0.3) is 0 Å². The van der Waals surface area contributed by atoms with E-state index in [-0.39, 0.29) is 0 Å². The molecule has 0 amide bonds. The van der Waals surface area contributed by atoms with Gasteiger partial charge in [-0.25, -0.2) is 0 Å². The normalized spacial score (nSPS) is 21.3. The first-order valence-corrected chi connectivity index (χ1v) is 6.79. The van der Waals surface area contributed by atoms with Gasteiger partial charge in [-0.1, -0.05) is 6.92 Å². The minimum Gasteiger partial charge on any atom is -0.367 e. The third kappa shape index (κ3) is 2.82. The molecule has 0 saturated carbocycles. The molecule has 4 heteroatoms. The van der Waals surface area contributed by atoms with E-state index in [2.05, 4.69) is 40.1 Å². The van der Waals surface area contributed by atoms with E-state index in [4.69, 9.17) is 0 Å². The van der Waals surface area contributed by atoms with Gasteiger partial charge in [0.05, 0.1) is 11.9 Å². The van der Waals surface area contributed by atoms with Crippen LogP contribution >= 0.6 is 0 Å². The molecule has 0 radical (unpaired) electrons. The van der Waals surface area contributed by atoms with Gasteiger partial charge in [0.15, 0.2) is 0 Å². The summed E-state index contributed by atoms with van der Waals surface area (Å²) in [5.41, 5.74) is 2.63. The lowest BCUT2D eigenvalue weighted by molar-refractivity contribution is 0.213. The van der Waals surface area contributed by atoms with E-state index < -0.39 is 0 Å². The molecule has 18 heavy (non-hydrogen) atoms. The van der Waals surface area contributed by atoms with Gasteiger partial charge in [-0.15, -0.1) is 0 Å². The smallest absolute Gasteiger partial charge is 0.0599 e. The number of pyridine rings is 1. The van der Waals surface area contributed by atoms with Crippen molar-refractivity contribution in [3.63, 3.8) is 0 Å². The first kappa shape index (κ1) is 13.3. The van der Waals surface area contributed by atoms with Crippen LogP contribution in [0.5, 0.6) is 0 Å². The Bertz CT molecular complexity index is 380. The van der Waals surface area contributed by atoms with Crippen molar-refractivity contribution in [3.8, 4) is 0 Å². The molecule has 1 atom stereocenters. The quantitative estimate of drug-likeness (QED) is 0.871. The van der Waals surface area contributed by atoms with Crippen LogP contribution in [-0.2, 0) is 6.54 Å². The molecule has 0 bridgehead atoms. The number of aromatic nitrogens is 1. The molecule has 100 valence electrons. The van der Waals surface area contributed by atoms with E-state index in [0.29, 0.717) is 6.04 Å². The van der Waals surface area contributed by atoms with Gasteiger partial charge >= 0.3 is 0 Å². The van der Waals surface area contributed by atoms with E-state index >= 15 is 0 Å². The fourth-order valence-electron chi connectivity index (χ4n) is 2.65. The third-order valence-electron chi connectivity index (χ3n) is 3.84. The lowest BCUT2D eigenvalue weighted by atomic mass is 10.1. The number of nitrogens with zero attached hydrogens (tertiary/aromatic N) is 3. The van der Waals surface area contributed by atoms with Crippen molar-refractivity contribution in [3.05, 3.63) is 24.0 Å². The highest BCUT2D eigenvalue weighted by molar-refractivity contribution is 5.52. The summed E-state index contributed by atoms with van der Waals surface area (Å²) in [5, 5.41) is 3.23. The maximum absolute atomic E-state index is 4.29. The molecule has 0 aliphatic carbocycles. The van der Waals surface area contributed by atoms with Crippen molar-refractivity contribution >= 4 is 5.69 Å². The zero-order valence-corrected chi connectivity index (χ0v) is 11.7. The number of rotatable bonds is 4. The zero-order chi connectivity index (χ0) is 13.0. The summed E-state index contributed by atoms with van der Waals surface area (Å²) in [4.78, 5) is 9.23. The molecule has 1 aliphatic heterocycles. The molecule has 1 saturated heterocycles. The van der Waals surface area contributed by atoms with Crippen LogP contribution in [0.4, 0.5) is 5.69 Å². The number of hydrogen-bond donors (Lipinski definition) is 1. The number of anilines is 1. The summed E-state index contributed by atoms with van der Waals surface area (Å²) in [6.45, 7) is 6.50. The Kier molecular flexibility index (Phi) is 4.55. The summed E-state index contributed by atoms with van der Waals surface area (Å²) >= 11 is 0. The van der Waals surface area contributed by atoms with Crippen LogP contribution in [0.2, 0.25) is 0 Å². The average molecular weight is 248 g/mol. The Balaban J connectivity index is 2.16. The largest absolute Gasteiger partial charge is 0.367 e. The molecule has 2 heterocycles. The van der Waals surface area contributed by atoms with E-state index in [1.165, 1.54) is 17.7 Å². The molecule has 1 fully saturated rings. The monoisotopic (exact) mass is 248 g/mol. The van der Waals surface area contributed by atoms with Gasteiger partial charge in [-0.2, -0.15) is 0 Å². The summed E-state index contributed by atoms with van der Waals surface area (Å²) < 4.78 is 0. The van der Waals surface area contributed by atoms with Gasteiger partial charge in [-0.3, -0.25) is 9.88 Å². The molecule has 1 unspecified atom stereocenters. The molecule has 1 N–H and O–H groups in total. The lowest BCUT2D eigenvalue weighted by Gasteiger charge is -2.40. The molecular formula is C14H24N4. The highest BCUT2D eigenvalue weighted by Crippen LogP contribution is 2.22. The second-order valence-corrected chi connectivity index (χ2v) is 5.02. The fraction of sp³-hybridized carbons (Fsp3) is 0.643. The first-order chi connectivity index (χ1) is 8.76. The second-order valence-electron chi connectivity index (χ2n) is 5.02. The highest BCUT2D eigenvalue weighted by atomic mass is 15.3. The summed E-state index contributed by atoms with van der Waals surface area (Å²) in [7, 11) is 4.21. The summed E-state index contributed by atoms with van der Waals surface area (Å²) in [6.07, 6.45) is 5.09. The average Bonchev–Trinajstić information content (AvgIpc) is 2.40. The summed E-state index contributed by atoms with van der Waals surface area (Å²) in [5.74, 6) is 0. The topological polar surface area (TPSA) is 31.4 Å². The van der Waals surface area contributed by atoms with Crippen LogP contribution in [-0.4, -0.2) is 49.7 Å². The van der Waals surface area contributed by atoms with E-state index in [1.54, 1.807) is 0 Å². The maximum atomic E-state index is 4.29. The van der Waals surface area contributed by atoms with Gasteiger partial charge in [0.1, 0.15) is 0 Å². The van der Waals surface area contributed by atoms with Crippen molar-refractivity contribution in [2.75, 3.05) is 38.6 Å². The number of nitrogens with one attached hydrogen (secondary N) is 1. The van der Waals surface area contributed by atoms with Gasteiger partial charge in [0.2, 0.25) is 0 Å². The molecule has 2 rings (SSSR count). The second kappa shape index (κ2) is 6.16. The van der Waals surface area contributed by atoms with Crippen molar-refractivity contribution in [2.45, 2.75) is 25.9 Å². The van der Waals surface area contributed by atoms with Crippen LogP contribution in [0.3, 0.4) is 0 Å². The maximum Gasteiger partial charge on any atom is 0.0599 e. The molecule has 1 aromatic rings. The molecule has 1 aliphatic rings. The number of likely N-dealkylation sites (N-methyl/N-ethyl adjacent to an activating group) is 1. The predicted molar refractivity (Wildman–Crippen MR) is 75.9 cm³/mol. The third-order valence-corrected chi connectivity index (χ3v) is 3.84. The van der Waals surface area contributed by atoms with Crippen molar-refractivity contribution in [2.24, 2.45) is 0 Å². The number of hydrogen-bond acceptors (Lipinski definition) is 4. The Morgan fingerprint density at radius 2 is 2.28 bits per heavy atom. The Morgan fingerprint density at radius 3 is 3.00 bits per heavy atom. The lowest BCUT2D eigenvalue weighted by Crippen LogP contribution is -2.51.